The molecule has 0 unspecified atom stereocenters. The van der Waals surface area contributed by atoms with E-state index in [4.69, 9.17) is 4.74 Å². The molecule has 0 aliphatic heterocycles. The van der Waals surface area contributed by atoms with Gasteiger partial charge in [-0.2, -0.15) is 10.1 Å². The van der Waals surface area contributed by atoms with Gasteiger partial charge in [-0.3, -0.25) is 5.10 Å². The first-order valence-electron chi connectivity index (χ1n) is 4.90. The van der Waals surface area contributed by atoms with Crippen LogP contribution in [0.2, 0.25) is 0 Å². The molecule has 6 nitrogen and oxygen atoms in total. The molecule has 0 bridgehead atoms. The van der Waals surface area contributed by atoms with Gasteiger partial charge in [-0.25, -0.2) is 4.98 Å². The summed E-state index contributed by atoms with van der Waals surface area (Å²) in [6.45, 7) is 2.46. The Morgan fingerprint density at radius 2 is 2.31 bits per heavy atom. The molecule has 0 fully saturated rings. The molecule has 2 heterocycles. The van der Waals surface area contributed by atoms with Crippen LogP contribution in [0.1, 0.15) is 11.5 Å². The van der Waals surface area contributed by atoms with Crippen LogP contribution in [-0.2, 0) is 6.54 Å². The first-order valence-corrected chi connectivity index (χ1v) is 4.90. The van der Waals surface area contributed by atoms with Crippen molar-refractivity contribution in [2.75, 3.05) is 12.4 Å². The van der Waals surface area contributed by atoms with Crippen molar-refractivity contribution in [3.05, 3.63) is 29.8 Å². The van der Waals surface area contributed by atoms with Crippen molar-refractivity contribution in [2.45, 2.75) is 13.5 Å². The lowest BCUT2D eigenvalue weighted by atomic mass is 10.4. The molecular weight excluding hydrogens is 206 g/mol. The van der Waals surface area contributed by atoms with E-state index in [-0.39, 0.29) is 0 Å². The van der Waals surface area contributed by atoms with Crippen molar-refractivity contribution >= 4 is 5.82 Å². The number of anilines is 1. The maximum Gasteiger partial charge on any atom is 0.218 e. The van der Waals surface area contributed by atoms with E-state index in [1.807, 2.05) is 13.0 Å². The summed E-state index contributed by atoms with van der Waals surface area (Å²) in [4.78, 5) is 8.35. The zero-order valence-electron chi connectivity index (χ0n) is 9.19. The van der Waals surface area contributed by atoms with E-state index in [2.05, 4.69) is 25.5 Å². The van der Waals surface area contributed by atoms with E-state index < -0.39 is 0 Å². The summed E-state index contributed by atoms with van der Waals surface area (Å²) in [7, 11) is 1.58. The number of nitrogens with one attached hydrogen (secondary N) is 2. The minimum Gasteiger partial charge on any atom is -0.481 e. The molecule has 0 saturated carbocycles. The predicted octanol–water partition coefficient (Wildman–Crippen LogP) is 1.13. The molecule has 0 aliphatic carbocycles. The second-order valence-corrected chi connectivity index (χ2v) is 3.28. The Hall–Kier alpha value is -2.11. The normalized spacial score (nSPS) is 10.1. The fourth-order valence-electron chi connectivity index (χ4n) is 1.30. The number of aryl methyl sites for hydroxylation is 1. The van der Waals surface area contributed by atoms with Gasteiger partial charge in [-0.05, 0) is 13.0 Å². The number of hydrogen-bond acceptors (Lipinski definition) is 5. The molecule has 0 saturated heterocycles. The van der Waals surface area contributed by atoms with E-state index in [0.717, 1.165) is 11.5 Å². The summed E-state index contributed by atoms with van der Waals surface area (Å²) in [6.07, 6.45) is 1.71. The molecule has 0 atom stereocenters. The fourth-order valence-corrected chi connectivity index (χ4v) is 1.30. The SMILES string of the molecule is COc1cc(NCc2ccn[nH]2)nc(C)n1. The Balaban J connectivity index is 2.06. The first-order chi connectivity index (χ1) is 7.78. The number of rotatable bonds is 4. The molecular formula is C10H13N5O. The summed E-state index contributed by atoms with van der Waals surface area (Å²) in [5.41, 5.74) is 0.996. The molecule has 0 aromatic carbocycles. The highest BCUT2D eigenvalue weighted by atomic mass is 16.5. The van der Waals surface area contributed by atoms with Gasteiger partial charge in [0.05, 0.1) is 19.3 Å². The van der Waals surface area contributed by atoms with Crippen LogP contribution in [0.5, 0.6) is 5.88 Å². The second kappa shape index (κ2) is 4.61. The maximum atomic E-state index is 5.06. The van der Waals surface area contributed by atoms with Crippen LogP contribution in [0.4, 0.5) is 5.82 Å². The molecule has 0 spiro atoms. The summed E-state index contributed by atoms with van der Waals surface area (Å²) < 4.78 is 5.06. The lowest BCUT2D eigenvalue weighted by Gasteiger charge is -2.06. The van der Waals surface area contributed by atoms with Crippen LogP contribution in [0.3, 0.4) is 0 Å². The van der Waals surface area contributed by atoms with Gasteiger partial charge in [0.1, 0.15) is 11.6 Å². The van der Waals surface area contributed by atoms with Crippen molar-refractivity contribution in [3.63, 3.8) is 0 Å². The molecule has 0 amide bonds. The van der Waals surface area contributed by atoms with Crippen molar-refractivity contribution in [2.24, 2.45) is 0 Å². The number of aromatic amines is 1. The first kappa shape index (κ1) is 10.4. The molecule has 6 heteroatoms. The largest absolute Gasteiger partial charge is 0.481 e. The highest BCUT2D eigenvalue weighted by molar-refractivity contribution is 5.38. The van der Waals surface area contributed by atoms with Gasteiger partial charge in [0.2, 0.25) is 5.88 Å². The minimum atomic E-state index is 0.555. The molecule has 2 rings (SSSR count). The van der Waals surface area contributed by atoms with Gasteiger partial charge < -0.3 is 10.1 Å². The molecule has 2 N–H and O–H groups in total. The van der Waals surface area contributed by atoms with Crippen molar-refractivity contribution < 1.29 is 4.74 Å². The Kier molecular flexibility index (Phi) is 3.00. The van der Waals surface area contributed by atoms with E-state index in [1.165, 1.54) is 0 Å². The summed E-state index contributed by atoms with van der Waals surface area (Å²) in [5.74, 6) is 1.96. The van der Waals surface area contributed by atoms with Crippen LogP contribution in [0.15, 0.2) is 18.3 Å². The Labute approximate surface area is 93.1 Å². The molecule has 2 aromatic rings. The summed E-state index contributed by atoms with van der Waals surface area (Å²) in [6, 6.07) is 3.65. The number of H-pyrrole nitrogens is 1. The van der Waals surface area contributed by atoms with Gasteiger partial charge in [-0.15, -0.1) is 0 Å². The van der Waals surface area contributed by atoms with Gasteiger partial charge in [0, 0.05) is 12.3 Å². The van der Waals surface area contributed by atoms with Crippen molar-refractivity contribution in [1.82, 2.24) is 20.2 Å². The molecule has 0 aliphatic rings. The third-order valence-corrected chi connectivity index (χ3v) is 2.04. The van der Waals surface area contributed by atoms with Crippen LogP contribution in [-0.4, -0.2) is 27.3 Å². The highest BCUT2D eigenvalue weighted by Gasteiger charge is 2.01. The topological polar surface area (TPSA) is 75.7 Å². The van der Waals surface area contributed by atoms with Crippen LogP contribution < -0.4 is 10.1 Å². The fraction of sp³-hybridized carbons (Fsp3) is 0.300. The van der Waals surface area contributed by atoms with Crippen molar-refractivity contribution in [3.8, 4) is 5.88 Å². The van der Waals surface area contributed by atoms with Gasteiger partial charge in [0.25, 0.3) is 0 Å². The molecule has 0 radical (unpaired) electrons. The maximum absolute atomic E-state index is 5.06. The van der Waals surface area contributed by atoms with Crippen LogP contribution in [0, 0.1) is 6.92 Å². The van der Waals surface area contributed by atoms with Gasteiger partial charge in [-0.1, -0.05) is 0 Å². The van der Waals surface area contributed by atoms with Gasteiger partial charge >= 0.3 is 0 Å². The summed E-state index contributed by atoms with van der Waals surface area (Å²) in [5, 5.41) is 9.89. The molecule has 2 aromatic heterocycles. The average Bonchev–Trinajstić information content (AvgIpc) is 2.78. The smallest absolute Gasteiger partial charge is 0.218 e. The monoisotopic (exact) mass is 219 g/mol. The number of hydrogen-bond donors (Lipinski definition) is 2. The van der Waals surface area contributed by atoms with Crippen LogP contribution in [0.25, 0.3) is 0 Å². The zero-order chi connectivity index (χ0) is 11.4. The second-order valence-electron chi connectivity index (χ2n) is 3.28. The van der Waals surface area contributed by atoms with Crippen molar-refractivity contribution in [1.29, 1.82) is 0 Å². The van der Waals surface area contributed by atoms with Crippen LogP contribution >= 0.6 is 0 Å². The molecule has 16 heavy (non-hydrogen) atoms. The Morgan fingerprint density at radius 1 is 1.44 bits per heavy atom. The lowest BCUT2D eigenvalue weighted by Crippen LogP contribution is -2.04. The number of methoxy groups -OCH3 is 1. The van der Waals surface area contributed by atoms with Gasteiger partial charge in [0.15, 0.2) is 0 Å². The van der Waals surface area contributed by atoms with E-state index >= 15 is 0 Å². The highest BCUT2D eigenvalue weighted by Crippen LogP contribution is 2.13. The zero-order valence-corrected chi connectivity index (χ0v) is 9.19. The third kappa shape index (κ3) is 2.47. The minimum absolute atomic E-state index is 0.555. The lowest BCUT2D eigenvalue weighted by molar-refractivity contribution is 0.396. The van der Waals surface area contributed by atoms with E-state index in [0.29, 0.717) is 18.2 Å². The number of aromatic nitrogens is 4. The molecule has 84 valence electrons. The van der Waals surface area contributed by atoms with E-state index in [1.54, 1.807) is 19.4 Å². The van der Waals surface area contributed by atoms with E-state index in [9.17, 15) is 0 Å². The Morgan fingerprint density at radius 3 is 3.00 bits per heavy atom. The summed E-state index contributed by atoms with van der Waals surface area (Å²) >= 11 is 0. The number of nitrogens with zero attached hydrogens (tertiary/aromatic N) is 3. The standard InChI is InChI=1S/C10H13N5O/c1-7-13-9(5-10(14-7)16-2)11-6-8-3-4-12-15-8/h3-5H,6H2,1-2H3,(H,12,15)(H,11,13,14). The Bertz CT molecular complexity index is 454. The predicted molar refractivity (Wildman–Crippen MR) is 59.2 cm³/mol. The quantitative estimate of drug-likeness (QED) is 0.806. The number of ether oxygens (including phenoxy) is 1. The third-order valence-electron chi connectivity index (χ3n) is 2.04. The average molecular weight is 219 g/mol.